The van der Waals surface area contributed by atoms with Crippen molar-refractivity contribution in [2.75, 3.05) is 19.7 Å². The minimum Gasteiger partial charge on any atom is -0.466 e. The summed E-state index contributed by atoms with van der Waals surface area (Å²) in [6.07, 6.45) is -0.517. The van der Waals surface area contributed by atoms with E-state index in [0.717, 1.165) is 0 Å². The number of halogens is 2. The van der Waals surface area contributed by atoms with Crippen LogP contribution in [-0.4, -0.2) is 42.3 Å². The van der Waals surface area contributed by atoms with Gasteiger partial charge in [0.2, 0.25) is 0 Å². The zero-order valence-corrected chi connectivity index (χ0v) is 15.6. The third-order valence-corrected chi connectivity index (χ3v) is 4.26. The maximum absolute atomic E-state index is 13.7. The standard InChI is InChI=1S/C18H23ClFNO4/c1-5-24-16(22)14-10-21(17(23)25-18(2,3)4)9-13(14)12-8-11(20)6-7-15(12)19/h6-8,13-14H,5,9-10H2,1-4H3/t13-,14-/m1/s1. The quantitative estimate of drug-likeness (QED) is 0.754. The Morgan fingerprint density at radius 1 is 1.32 bits per heavy atom. The lowest BCUT2D eigenvalue weighted by molar-refractivity contribution is -0.147. The van der Waals surface area contributed by atoms with Gasteiger partial charge < -0.3 is 14.4 Å². The average Bonchev–Trinajstić information content (AvgIpc) is 2.93. The van der Waals surface area contributed by atoms with Crippen LogP contribution in [0.3, 0.4) is 0 Å². The van der Waals surface area contributed by atoms with E-state index in [1.54, 1.807) is 27.7 Å². The highest BCUT2D eigenvalue weighted by molar-refractivity contribution is 6.31. The van der Waals surface area contributed by atoms with E-state index in [-0.39, 0.29) is 19.7 Å². The Bertz CT molecular complexity index is 659. The molecule has 2 atom stereocenters. The number of hydrogen-bond donors (Lipinski definition) is 0. The maximum atomic E-state index is 13.7. The lowest BCUT2D eigenvalue weighted by atomic mass is 9.89. The fraction of sp³-hybridized carbons (Fsp3) is 0.556. The number of rotatable bonds is 3. The normalized spacial score (nSPS) is 20.5. The van der Waals surface area contributed by atoms with Gasteiger partial charge in [0.05, 0.1) is 12.5 Å². The number of ether oxygens (including phenoxy) is 2. The highest BCUT2D eigenvalue weighted by Gasteiger charge is 2.43. The molecular weight excluding hydrogens is 349 g/mol. The molecule has 0 radical (unpaired) electrons. The van der Waals surface area contributed by atoms with E-state index >= 15 is 0 Å². The summed E-state index contributed by atoms with van der Waals surface area (Å²) in [5.41, 5.74) is -0.156. The molecule has 7 heteroatoms. The molecule has 1 aliphatic rings. The van der Waals surface area contributed by atoms with Crippen molar-refractivity contribution < 1.29 is 23.5 Å². The van der Waals surface area contributed by atoms with Gasteiger partial charge in [0.25, 0.3) is 0 Å². The Labute approximate surface area is 152 Å². The van der Waals surface area contributed by atoms with E-state index in [4.69, 9.17) is 21.1 Å². The monoisotopic (exact) mass is 371 g/mol. The molecule has 0 N–H and O–H groups in total. The van der Waals surface area contributed by atoms with Crippen molar-refractivity contribution in [3.63, 3.8) is 0 Å². The minimum atomic E-state index is -0.648. The molecule has 0 unspecified atom stereocenters. The largest absolute Gasteiger partial charge is 0.466 e. The van der Waals surface area contributed by atoms with Crippen LogP contribution < -0.4 is 0 Å². The molecule has 1 aromatic carbocycles. The number of esters is 1. The van der Waals surface area contributed by atoms with E-state index in [0.29, 0.717) is 10.6 Å². The molecule has 1 saturated heterocycles. The van der Waals surface area contributed by atoms with Crippen LogP contribution in [0.2, 0.25) is 5.02 Å². The number of carbonyl (C=O) groups excluding carboxylic acids is 2. The summed E-state index contributed by atoms with van der Waals surface area (Å²) >= 11 is 6.20. The number of nitrogens with zero attached hydrogens (tertiary/aromatic N) is 1. The Hall–Kier alpha value is -1.82. The molecule has 2 rings (SSSR count). The molecule has 0 spiro atoms. The topological polar surface area (TPSA) is 55.8 Å². The van der Waals surface area contributed by atoms with Gasteiger partial charge in [-0.1, -0.05) is 11.6 Å². The number of benzene rings is 1. The van der Waals surface area contributed by atoms with Crippen LogP contribution in [0.25, 0.3) is 0 Å². The van der Waals surface area contributed by atoms with Crippen molar-refractivity contribution in [2.24, 2.45) is 5.92 Å². The molecule has 0 saturated carbocycles. The van der Waals surface area contributed by atoms with Crippen LogP contribution in [0.1, 0.15) is 39.2 Å². The second-order valence-corrected chi connectivity index (χ2v) is 7.42. The Morgan fingerprint density at radius 3 is 2.60 bits per heavy atom. The van der Waals surface area contributed by atoms with Gasteiger partial charge in [-0.15, -0.1) is 0 Å². The second kappa shape index (κ2) is 7.60. The molecular formula is C18H23ClFNO4. The van der Waals surface area contributed by atoms with E-state index in [9.17, 15) is 14.0 Å². The number of carbonyl (C=O) groups is 2. The zero-order valence-electron chi connectivity index (χ0n) is 14.8. The fourth-order valence-corrected chi connectivity index (χ4v) is 3.14. The van der Waals surface area contributed by atoms with Crippen molar-refractivity contribution in [1.82, 2.24) is 4.90 Å². The van der Waals surface area contributed by atoms with Crippen LogP contribution in [0.5, 0.6) is 0 Å². The van der Waals surface area contributed by atoms with Gasteiger partial charge in [-0.05, 0) is 51.5 Å². The summed E-state index contributed by atoms with van der Waals surface area (Å²) in [4.78, 5) is 26.1. The molecule has 1 amide bonds. The molecule has 1 aliphatic heterocycles. The molecule has 25 heavy (non-hydrogen) atoms. The average molecular weight is 372 g/mol. The van der Waals surface area contributed by atoms with Crippen molar-refractivity contribution in [1.29, 1.82) is 0 Å². The SMILES string of the molecule is CCOC(=O)[C@@H]1CN(C(=O)OC(C)(C)C)C[C@@H]1c1cc(F)ccc1Cl. The Morgan fingerprint density at radius 2 is 2.00 bits per heavy atom. The predicted octanol–water partition coefficient (Wildman–Crippen LogP) is 3.99. The Kier molecular flexibility index (Phi) is 5.93. The second-order valence-electron chi connectivity index (χ2n) is 7.02. The van der Waals surface area contributed by atoms with Gasteiger partial charge in [0.15, 0.2) is 0 Å². The molecule has 1 aromatic rings. The molecule has 5 nitrogen and oxygen atoms in total. The van der Waals surface area contributed by atoms with Crippen molar-refractivity contribution >= 4 is 23.7 Å². The molecule has 138 valence electrons. The summed E-state index contributed by atoms with van der Waals surface area (Å²) in [5.74, 6) is -1.95. The van der Waals surface area contributed by atoms with E-state index in [1.165, 1.54) is 23.1 Å². The third kappa shape index (κ3) is 4.84. The summed E-state index contributed by atoms with van der Waals surface area (Å²) in [6.45, 7) is 7.60. The van der Waals surface area contributed by atoms with Crippen LogP contribution >= 0.6 is 11.6 Å². The van der Waals surface area contributed by atoms with Crippen molar-refractivity contribution in [3.8, 4) is 0 Å². The highest BCUT2D eigenvalue weighted by atomic mass is 35.5. The minimum absolute atomic E-state index is 0.144. The van der Waals surface area contributed by atoms with E-state index < -0.39 is 35.3 Å². The maximum Gasteiger partial charge on any atom is 0.410 e. The highest BCUT2D eigenvalue weighted by Crippen LogP contribution is 2.38. The first-order valence-corrected chi connectivity index (χ1v) is 8.59. The summed E-state index contributed by atoms with van der Waals surface area (Å²) in [7, 11) is 0. The van der Waals surface area contributed by atoms with Crippen LogP contribution in [0.15, 0.2) is 18.2 Å². The first-order valence-electron chi connectivity index (χ1n) is 8.22. The lowest BCUT2D eigenvalue weighted by Gasteiger charge is -2.24. The van der Waals surface area contributed by atoms with Gasteiger partial charge in [-0.2, -0.15) is 0 Å². The molecule has 0 aromatic heterocycles. The van der Waals surface area contributed by atoms with Gasteiger partial charge in [-0.25, -0.2) is 9.18 Å². The van der Waals surface area contributed by atoms with Crippen LogP contribution in [-0.2, 0) is 14.3 Å². The summed E-state index contributed by atoms with van der Waals surface area (Å²) in [6, 6.07) is 4.01. The molecule has 0 aliphatic carbocycles. The first-order chi connectivity index (χ1) is 11.6. The predicted molar refractivity (Wildman–Crippen MR) is 92.1 cm³/mol. The van der Waals surface area contributed by atoms with Gasteiger partial charge in [0.1, 0.15) is 11.4 Å². The molecule has 0 bridgehead atoms. The van der Waals surface area contributed by atoms with E-state index in [2.05, 4.69) is 0 Å². The van der Waals surface area contributed by atoms with E-state index in [1.807, 2.05) is 0 Å². The van der Waals surface area contributed by atoms with Crippen LogP contribution in [0.4, 0.5) is 9.18 Å². The lowest BCUT2D eigenvalue weighted by Crippen LogP contribution is -2.36. The van der Waals surface area contributed by atoms with Crippen LogP contribution in [0, 0.1) is 11.7 Å². The molecule has 1 heterocycles. The summed E-state index contributed by atoms with van der Waals surface area (Å²) < 4.78 is 24.2. The Balaban J connectivity index is 2.30. The third-order valence-electron chi connectivity index (χ3n) is 3.92. The fourth-order valence-electron chi connectivity index (χ4n) is 2.88. The zero-order chi connectivity index (χ0) is 18.8. The van der Waals surface area contributed by atoms with Gasteiger partial charge in [0, 0.05) is 24.0 Å². The van der Waals surface area contributed by atoms with Crippen molar-refractivity contribution in [3.05, 3.63) is 34.6 Å². The summed E-state index contributed by atoms with van der Waals surface area (Å²) in [5, 5.41) is 0.353. The van der Waals surface area contributed by atoms with Crippen molar-refractivity contribution in [2.45, 2.75) is 39.2 Å². The smallest absolute Gasteiger partial charge is 0.410 e. The molecule has 1 fully saturated rings. The number of likely N-dealkylation sites (tertiary alicyclic amines) is 1. The number of amides is 1. The van der Waals surface area contributed by atoms with Gasteiger partial charge >= 0.3 is 12.1 Å². The first kappa shape index (κ1) is 19.5. The number of hydrogen-bond acceptors (Lipinski definition) is 4. The van der Waals surface area contributed by atoms with Gasteiger partial charge in [-0.3, -0.25) is 4.79 Å².